The van der Waals surface area contributed by atoms with E-state index in [9.17, 15) is 8.78 Å². The van der Waals surface area contributed by atoms with Crippen LogP contribution in [0.25, 0.3) is 0 Å². The zero-order chi connectivity index (χ0) is 18.8. The molecular formula is C17H23F2IN4OS2. The van der Waals surface area contributed by atoms with Crippen molar-refractivity contribution in [1.82, 2.24) is 15.6 Å². The summed E-state index contributed by atoms with van der Waals surface area (Å²) in [7, 11) is 1.67. The fourth-order valence-electron chi connectivity index (χ4n) is 2.18. The van der Waals surface area contributed by atoms with Crippen LogP contribution in [0.4, 0.5) is 8.78 Å². The highest BCUT2D eigenvalue weighted by Gasteiger charge is 2.10. The molecule has 2 aromatic rings. The first-order valence-corrected chi connectivity index (χ1v) is 9.96. The smallest absolute Gasteiger partial charge is 0.387 e. The SMILES string of the molecule is CN=C(NCCCSc1nccs1)NCc1cc(C)ccc1OC(F)F.I. The van der Waals surface area contributed by atoms with Crippen LogP contribution in [-0.2, 0) is 6.54 Å². The number of rotatable bonds is 9. The van der Waals surface area contributed by atoms with Crippen LogP contribution in [0.2, 0.25) is 0 Å². The average Bonchev–Trinajstić information content (AvgIpc) is 3.12. The Balaban J connectivity index is 0.00000364. The van der Waals surface area contributed by atoms with Gasteiger partial charge in [-0.15, -0.1) is 35.3 Å². The van der Waals surface area contributed by atoms with E-state index in [0.29, 0.717) is 18.1 Å². The lowest BCUT2D eigenvalue weighted by Gasteiger charge is -2.15. The quantitative estimate of drug-likeness (QED) is 0.165. The number of aromatic nitrogens is 1. The topological polar surface area (TPSA) is 58.5 Å². The molecule has 10 heteroatoms. The third-order valence-corrected chi connectivity index (χ3v) is 5.40. The zero-order valence-corrected chi connectivity index (χ0v) is 19.0. The standard InChI is InChI=1S/C17H22F2N4OS2.HI/c1-12-4-5-14(24-15(18)19)13(10-12)11-23-16(20-2)21-6-3-8-25-17-22-7-9-26-17;/h4-5,7,9-10,15H,3,6,8,11H2,1-2H3,(H2,20,21,23);1H. The molecule has 0 spiro atoms. The molecule has 0 amide bonds. The van der Waals surface area contributed by atoms with Crippen molar-refractivity contribution >= 4 is 53.0 Å². The molecule has 0 atom stereocenters. The number of alkyl halides is 2. The minimum Gasteiger partial charge on any atom is -0.434 e. The Morgan fingerprint density at radius 1 is 1.37 bits per heavy atom. The molecule has 0 saturated heterocycles. The van der Waals surface area contributed by atoms with Crippen molar-refractivity contribution in [2.75, 3.05) is 19.3 Å². The van der Waals surface area contributed by atoms with Gasteiger partial charge in [-0.1, -0.05) is 29.5 Å². The van der Waals surface area contributed by atoms with Crippen LogP contribution in [0.15, 0.2) is 39.1 Å². The predicted molar refractivity (Wildman–Crippen MR) is 119 cm³/mol. The number of thiazole rings is 1. The Morgan fingerprint density at radius 2 is 2.19 bits per heavy atom. The molecule has 1 heterocycles. The zero-order valence-electron chi connectivity index (χ0n) is 15.1. The van der Waals surface area contributed by atoms with Crippen LogP contribution in [0.1, 0.15) is 17.5 Å². The molecule has 150 valence electrons. The Bertz CT molecular complexity index is 702. The van der Waals surface area contributed by atoms with Gasteiger partial charge in [0.05, 0.1) is 0 Å². The van der Waals surface area contributed by atoms with Gasteiger partial charge in [-0.05, 0) is 19.4 Å². The first kappa shape index (κ1) is 23.9. The van der Waals surface area contributed by atoms with Crippen LogP contribution in [-0.4, -0.2) is 36.9 Å². The van der Waals surface area contributed by atoms with E-state index in [2.05, 4.69) is 25.3 Å². The van der Waals surface area contributed by atoms with Crippen molar-refractivity contribution in [2.45, 2.75) is 30.8 Å². The number of ether oxygens (including phenoxy) is 1. The summed E-state index contributed by atoms with van der Waals surface area (Å²) in [4.78, 5) is 8.38. The summed E-state index contributed by atoms with van der Waals surface area (Å²) < 4.78 is 30.7. The molecule has 0 fully saturated rings. The minimum absolute atomic E-state index is 0. The van der Waals surface area contributed by atoms with Gasteiger partial charge in [0.1, 0.15) is 10.1 Å². The lowest BCUT2D eigenvalue weighted by atomic mass is 10.1. The lowest BCUT2D eigenvalue weighted by Crippen LogP contribution is -2.37. The Morgan fingerprint density at radius 3 is 2.85 bits per heavy atom. The molecule has 0 radical (unpaired) electrons. The molecule has 0 saturated carbocycles. The second-order valence-corrected chi connectivity index (χ2v) is 7.58. The molecular weight excluding hydrogens is 505 g/mol. The van der Waals surface area contributed by atoms with E-state index in [0.717, 1.165) is 28.6 Å². The molecule has 0 aliphatic rings. The highest BCUT2D eigenvalue weighted by atomic mass is 127. The molecule has 5 nitrogen and oxygen atoms in total. The number of nitrogens with one attached hydrogen (secondary N) is 2. The maximum atomic E-state index is 12.5. The van der Waals surface area contributed by atoms with Gasteiger partial charge in [0.25, 0.3) is 0 Å². The molecule has 0 aliphatic heterocycles. The molecule has 2 rings (SSSR count). The van der Waals surface area contributed by atoms with E-state index in [-0.39, 0.29) is 29.7 Å². The lowest BCUT2D eigenvalue weighted by molar-refractivity contribution is -0.0504. The summed E-state index contributed by atoms with van der Waals surface area (Å²) in [5.41, 5.74) is 1.64. The van der Waals surface area contributed by atoms with E-state index in [1.165, 1.54) is 0 Å². The van der Waals surface area contributed by atoms with Gasteiger partial charge in [0.2, 0.25) is 0 Å². The van der Waals surface area contributed by atoms with E-state index in [1.807, 2.05) is 18.4 Å². The van der Waals surface area contributed by atoms with Crippen LogP contribution >= 0.6 is 47.1 Å². The van der Waals surface area contributed by atoms with Crippen LogP contribution in [0, 0.1) is 6.92 Å². The van der Waals surface area contributed by atoms with E-state index in [1.54, 1.807) is 48.5 Å². The van der Waals surface area contributed by atoms with Gasteiger partial charge >= 0.3 is 6.61 Å². The number of hydrogen-bond donors (Lipinski definition) is 2. The van der Waals surface area contributed by atoms with Gasteiger partial charge < -0.3 is 15.4 Å². The van der Waals surface area contributed by atoms with Crippen LogP contribution in [0.5, 0.6) is 5.75 Å². The summed E-state index contributed by atoms with van der Waals surface area (Å²) in [6.07, 6.45) is 2.75. The van der Waals surface area contributed by atoms with Crippen molar-refractivity contribution in [3.8, 4) is 5.75 Å². The molecule has 0 unspecified atom stereocenters. The Hall–Kier alpha value is -1.14. The van der Waals surface area contributed by atoms with Gasteiger partial charge in [0.15, 0.2) is 5.96 Å². The highest BCUT2D eigenvalue weighted by molar-refractivity contribution is 14.0. The number of guanidine groups is 1. The van der Waals surface area contributed by atoms with E-state index >= 15 is 0 Å². The first-order chi connectivity index (χ1) is 12.6. The van der Waals surface area contributed by atoms with Crippen molar-refractivity contribution in [2.24, 2.45) is 4.99 Å². The third kappa shape index (κ3) is 9.06. The normalized spacial score (nSPS) is 11.2. The second kappa shape index (κ2) is 13.1. The molecule has 2 N–H and O–H groups in total. The van der Waals surface area contributed by atoms with E-state index in [4.69, 9.17) is 0 Å². The van der Waals surface area contributed by atoms with Crippen molar-refractivity contribution in [1.29, 1.82) is 0 Å². The summed E-state index contributed by atoms with van der Waals surface area (Å²) in [5, 5.41) is 8.30. The summed E-state index contributed by atoms with van der Waals surface area (Å²) in [6, 6.07) is 5.13. The van der Waals surface area contributed by atoms with Crippen LogP contribution < -0.4 is 15.4 Å². The minimum atomic E-state index is -2.84. The van der Waals surface area contributed by atoms with Gasteiger partial charge in [-0.3, -0.25) is 4.99 Å². The summed E-state index contributed by atoms with van der Waals surface area (Å²) in [6.45, 7) is 0.163. The molecule has 1 aromatic heterocycles. The second-order valence-electron chi connectivity index (χ2n) is 5.34. The summed E-state index contributed by atoms with van der Waals surface area (Å²) in [5.74, 6) is 1.75. The highest BCUT2D eigenvalue weighted by Crippen LogP contribution is 2.22. The van der Waals surface area contributed by atoms with Crippen molar-refractivity contribution in [3.05, 3.63) is 40.9 Å². The third-order valence-electron chi connectivity index (χ3n) is 3.35. The number of aryl methyl sites for hydroxylation is 1. The number of aliphatic imine (C=N–C) groups is 1. The Kier molecular flexibility index (Phi) is 11.6. The summed E-state index contributed by atoms with van der Waals surface area (Å²) >= 11 is 3.36. The maximum absolute atomic E-state index is 12.5. The number of halogens is 3. The molecule has 27 heavy (non-hydrogen) atoms. The fourth-order valence-corrected chi connectivity index (χ4v) is 3.82. The number of thioether (sulfide) groups is 1. The predicted octanol–water partition coefficient (Wildman–Crippen LogP) is 4.52. The van der Waals surface area contributed by atoms with Crippen molar-refractivity contribution < 1.29 is 13.5 Å². The monoisotopic (exact) mass is 528 g/mol. The van der Waals surface area contributed by atoms with Gasteiger partial charge in [0, 0.05) is 43.0 Å². The number of hydrogen-bond acceptors (Lipinski definition) is 5. The Labute approximate surface area is 183 Å². The maximum Gasteiger partial charge on any atom is 0.387 e. The van der Waals surface area contributed by atoms with Gasteiger partial charge in [-0.2, -0.15) is 8.78 Å². The van der Waals surface area contributed by atoms with Crippen molar-refractivity contribution in [3.63, 3.8) is 0 Å². The largest absolute Gasteiger partial charge is 0.434 e. The van der Waals surface area contributed by atoms with Crippen LogP contribution in [0.3, 0.4) is 0 Å². The number of nitrogens with zero attached hydrogens (tertiary/aromatic N) is 2. The van der Waals surface area contributed by atoms with Gasteiger partial charge in [-0.25, -0.2) is 4.98 Å². The first-order valence-electron chi connectivity index (χ1n) is 8.09. The average molecular weight is 528 g/mol. The fraction of sp³-hybridized carbons (Fsp3) is 0.412. The number of benzene rings is 1. The molecule has 0 bridgehead atoms. The molecule has 1 aromatic carbocycles. The van der Waals surface area contributed by atoms with E-state index < -0.39 is 6.61 Å². The molecule has 0 aliphatic carbocycles.